The summed E-state index contributed by atoms with van der Waals surface area (Å²) in [5.74, 6) is 0.426. The Labute approximate surface area is 77.0 Å². The molecule has 0 saturated heterocycles. The van der Waals surface area contributed by atoms with Gasteiger partial charge in [-0.25, -0.2) is 4.98 Å². The first-order chi connectivity index (χ1) is 6.09. The number of hydrogen-bond donors (Lipinski definition) is 3. The zero-order valence-electron chi connectivity index (χ0n) is 7.51. The predicted molar refractivity (Wildman–Crippen MR) is 50.0 cm³/mol. The van der Waals surface area contributed by atoms with Crippen molar-refractivity contribution >= 4 is 5.82 Å². The van der Waals surface area contributed by atoms with Crippen LogP contribution in [-0.4, -0.2) is 27.4 Å². The molecule has 0 aliphatic heterocycles. The van der Waals surface area contributed by atoms with Crippen molar-refractivity contribution in [1.82, 2.24) is 4.98 Å². The van der Waals surface area contributed by atoms with Gasteiger partial charge in [0.15, 0.2) is 0 Å². The van der Waals surface area contributed by atoms with Crippen LogP contribution in [-0.2, 0) is 6.42 Å². The standard InChI is InChI=1S/C9H14N2O2/c1-6(12)8(13)4-7-2-3-11-9(10)5-7/h2-3,5-6,8,12-13H,4H2,1H3,(H2,10,11). The van der Waals surface area contributed by atoms with Gasteiger partial charge in [-0.2, -0.15) is 0 Å². The normalized spacial score (nSPS) is 15.3. The van der Waals surface area contributed by atoms with E-state index in [1.807, 2.05) is 0 Å². The fourth-order valence-electron chi connectivity index (χ4n) is 1.03. The molecular formula is C9H14N2O2. The number of nitrogens with zero attached hydrogens (tertiary/aromatic N) is 1. The third kappa shape index (κ3) is 3.01. The van der Waals surface area contributed by atoms with E-state index in [9.17, 15) is 5.11 Å². The van der Waals surface area contributed by atoms with Crippen LogP contribution >= 0.6 is 0 Å². The van der Waals surface area contributed by atoms with Crippen molar-refractivity contribution in [3.63, 3.8) is 0 Å². The van der Waals surface area contributed by atoms with E-state index < -0.39 is 12.2 Å². The minimum Gasteiger partial charge on any atom is -0.391 e. The highest BCUT2D eigenvalue weighted by Gasteiger charge is 2.11. The summed E-state index contributed by atoms with van der Waals surface area (Å²) >= 11 is 0. The van der Waals surface area contributed by atoms with E-state index in [4.69, 9.17) is 10.8 Å². The Morgan fingerprint density at radius 2 is 2.23 bits per heavy atom. The molecule has 72 valence electrons. The lowest BCUT2D eigenvalue weighted by Gasteiger charge is -2.13. The molecule has 0 fully saturated rings. The number of aliphatic hydroxyl groups excluding tert-OH is 2. The summed E-state index contributed by atoms with van der Waals surface area (Å²) in [6, 6.07) is 3.45. The van der Waals surface area contributed by atoms with Crippen molar-refractivity contribution < 1.29 is 10.2 Å². The molecule has 13 heavy (non-hydrogen) atoms. The number of aromatic nitrogens is 1. The number of nitrogens with two attached hydrogens (primary N) is 1. The summed E-state index contributed by atoms with van der Waals surface area (Å²) in [5.41, 5.74) is 6.33. The van der Waals surface area contributed by atoms with Gasteiger partial charge in [-0.15, -0.1) is 0 Å². The molecular weight excluding hydrogens is 168 g/mol. The van der Waals surface area contributed by atoms with Gasteiger partial charge in [0.25, 0.3) is 0 Å². The van der Waals surface area contributed by atoms with Crippen molar-refractivity contribution in [2.24, 2.45) is 0 Å². The highest BCUT2D eigenvalue weighted by molar-refractivity contribution is 5.32. The lowest BCUT2D eigenvalue weighted by molar-refractivity contribution is 0.0319. The zero-order chi connectivity index (χ0) is 9.84. The Bertz CT molecular complexity index is 276. The van der Waals surface area contributed by atoms with E-state index in [2.05, 4.69) is 4.98 Å². The highest BCUT2D eigenvalue weighted by atomic mass is 16.3. The van der Waals surface area contributed by atoms with E-state index in [-0.39, 0.29) is 0 Å². The molecule has 0 spiro atoms. The molecule has 2 atom stereocenters. The minimum absolute atomic E-state index is 0.393. The van der Waals surface area contributed by atoms with Crippen molar-refractivity contribution in [1.29, 1.82) is 0 Å². The Balaban J connectivity index is 2.64. The molecule has 1 heterocycles. The largest absolute Gasteiger partial charge is 0.391 e. The van der Waals surface area contributed by atoms with Crippen molar-refractivity contribution in [3.8, 4) is 0 Å². The summed E-state index contributed by atoms with van der Waals surface area (Å²) in [6.45, 7) is 1.55. The zero-order valence-corrected chi connectivity index (χ0v) is 7.51. The first kappa shape index (κ1) is 9.95. The van der Waals surface area contributed by atoms with Crippen molar-refractivity contribution in [2.45, 2.75) is 25.6 Å². The number of hydrogen-bond acceptors (Lipinski definition) is 4. The average Bonchev–Trinajstić information content (AvgIpc) is 2.04. The third-order valence-electron chi connectivity index (χ3n) is 1.85. The molecule has 4 heteroatoms. The van der Waals surface area contributed by atoms with Gasteiger partial charge in [-0.1, -0.05) is 0 Å². The fraction of sp³-hybridized carbons (Fsp3) is 0.444. The maximum Gasteiger partial charge on any atom is 0.123 e. The Morgan fingerprint density at radius 1 is 1.54 bits per heavy atom. The minimum atomic E-state index is -0.748. The van der Waals surface area contributed by atoms with E-state index in [1.165, 1.54) is 0 Å². The van der Waals surface area contributed by atoms with Gasteiger partial charge in [0.1, 0.15) is 5.82 Å². The van der Waals surface area contributed by atoms with E-state index in [0.717, 1.165) is 5.56 Å². The molecule has 1 aromatic rings. The van der Waals surface area contributed by atoms with E-state index in [1.54, 1.807) is 25.3 Å². The number of rotatable bonds is 3. The lowest BCUT2D eigenvalue weighted by atomic mass is 10.1. The smallest absolute Gasteiger partial charge is 0.123 e. The van der Waals surface area contributed by atoms with Gasteiger partial charge in [-0.3, -0.25) is 0 Å². The third-order valence-corrected chi connectivity index (χ3v) is 1.85. The average molecular weight is 182 g/mol. The SMILES string of the molecule is CC(O)C(O)Cc1ccnc(N)c1. The molecule has 0 amide bonds. The molecule has 4 N–H and O–H groups in total. The summed E-state index contributed by atoms with van der Waals surface area (Å²) < 4.78 is 0. The van der Waals surface area contributed by atoms with Crippen LogP contribution in [0.25, 0.3) is 0 Å². The van der Waals surface area contributed by atoms with Gasteiger partial charge >= 0.3 is 0 Å². The molecule has 0 aliphatic carbocycles. The van der Waals surface area contributed by atoms with Gasteiger partial charge in [0.05, 0.1) is 12.2 Å². The maximum absolute atomic E-state index is 9.36. The molecule has 0 saturated carbocycles. The number of anilines is 1. The van der Waals surface area contributed by atoms with Crippen LogP contribution in [0.4, 0.5) is 5.82 Å². The molecule has 0 radical (unpaired) electrons. The predicted octanol–water partition coefficient (Wildman–Crippen LogP) is -0.0520. The van der Waals surface area contributed by atoms with Crippen LogP contribution in [0.3, 0.4) is 0 Å². The first-order valence-corrected chi connectivity index (χ1v) is 4.16. The van der Waals surface area contributed by atoms with Gasteiger partial charge < -0.3 is 15.9 Å². The van der Waals surface area contributed by atoms with Crippen LogP contribution in [0.5, 0.6) is 0 Å². The van der Waals surface area contributed by atoms with Gasteiger partial charge in [0.2, 0.25) is 0 Å². The molecule has 0 bridgehead atoms. The molecule has 1 aromatic heterocycles. The Kier molecular flexibility index (Phi) is 3.22. The van der Waals surface area contributed by atoms with Crippen LogP contribution in [0.15, 0.2) is 18.3 Å². The van der Waals surface area contributed by atoms with Crippen molar-refractivity contribution in [3.05, 3.63) is 23.9 Å². The Hall–Kier alpha value is -1.13. The molecule has 0 aliphatic rings. The van der Waals surface area contributed by atoms with Crippen molar-refractivity contribution in [2.75, 3.05) is 5.73 Å². The highest BCUT2D eigenvalue weighted by Crippen LogP contribution is 2.07. The molecule has 0 aromatic carbocycles. The second-order valence-electron chi connectivity index (χ2n) is 3.10. The second-order valence-corrected chi connectivity index (χ2v) is 3.10. The number of pyridine rings is 1. The molecule has 4 nitrogen and oxygen atoms in total. The van der Waals surface area contributed by atoms with Gasteiger partial charge in [0, 0.05) is 12.6 Å². The van der Waals surface area contributed by atoms with E-state index >= 15 is 0 Å². The molecule has 2 unspecified atom stereocenters. The first-order valence-electron chi connectivity index (χ1n) is 4.16. The van der Waals surface area contributed by atoms with Crippen LogP contribution in [0, 0.1) is 0 Å². The van der Waals surface area contributed by atoms with Crippen LogP contribution in [0.2, 0.25) is 0 Å². The van der Waals surface area contributed by atoms with Crippen LogP contribution < -0.4 is 5.73 Å². The summed E-state index contributed by atoms with van der Waals surface area (Å²) in [5, 5.41) is 18.4. The lowest BCUT2D eigenvalue weighted by Crippen LogP contribution is -2.24. The monoisotopic (exact) mass is 182 g/mol. The van der Waals surface area contributed by atoms with Crippen LogP contribution in [0.1, 0.15) is 12.5 Å². The quantitative estimate of drug-likeness (QED) is 0.612. The maximum atomic E-state index is 9.36. The van der Waals surface area contributed by atoms with E-state index in [0.29, 0.717) is 12.2 Å². The topological polar surface area (TPSA) is 79.4 Å². The fourth-order valence-corrected chi connectivity index (χ4v) is 1.03. The molecule has 1 rings (SSSR count). The number of nitrogen functional groups attached to an aromatic ring is 1. The summed E-state index contributed by atoms with van der Waals surface area (Å²) in [4.78, 5) is 3.83. The number of aliphatic hydroxyl groups is 2. The summed E-state index contributed by atoms with van der Waals surface area (Å²) in [7, 11) is 0. The summed E-state index contributed by atoms with van der Waals surface area (Å²) in [6.07, 6.45) is 0.500. The Morgan fingerprint density at radius 3 is 2.77 bits per heavy atom. The van der Waals surface area contributed by atoms with Gasteiger partial charge in [-0.05, 0) is 24.6 Å². The second kappa shape index (κ2) is 4.20.